The normalized spacial score (nSPS) is 15.3. The van der Waals surface area contributed by atoms with Crippen molar-refractivity contribution in [2.75, 3.05) is 44.8 Å². The summed E-state index contributed by atoms with van der Waals surface area (Å²) in [7, 11) is 1.53. The van der Waals surface area contributed by atoms with Gasteiger partial charge in [-0.05, 0) is 56.0 Å². The Hall–Kier alpha value is -3.27. The van der Waals surface area contributed by atoms with Crippen molar-refractivity contribution in [2.24, 2.45) is 0 Å². The molecule has 4 rings (SSSR count). The molecule has 0 bridgehead atoms. The lowest BCUT2D eigenvalue weighted by Gasteiger charge is -2.31. The van der Waals surface area contributed by atoms with Gasteiger partial charge in [0.15, 0.2) is 0 Å². The monoisotopic (exact) mass is 566 g/mol. The second-order valence-electron chi connectivity index (χ2n) is 10.2. The van der Waals surface area contributed by atoms with Crippen LogP contribution in [-0.2, 0) is 34.0 Å². The molecular weight excluding hydrogens is 528 g/mol. The van der Waals surface area contributed by atoms with Gasteiger partial charge >= 0.3 is 0 Å². The predicted molar refractivity (Wildman–Crippen MR) is 156 cm³/mol. The van der Waals surface area contributed by atoms with Crippen molar-refractivity contribution in [2.45, 2.75) is 52.7 Å². The summed E-state index contributed by atoms with van der Waals surface area (Å²) in [6.07, 6.45) is 1.98. The first-order chi connectivity index (χ1) is 19.3. The number of hydrogen-bond donors (Lipinski definition) is 0. The lowest BCUT2D eigenvalue weighted by atomic mass is 10.1. The number of amides is 2. The third-order valence-corrected chi connectivity index (χ3v) is 7.40. The van der Waals surface area contributed by atoms with Crippen molar-refractivity contribution >= 4 is 29.1 Å². The maximum Gasteiger partial charge on any atom is 0.252 e. The minimum Gasteiger partial charge on any atom is -0.375 e. The smallest absolute Gasteiger partial charge is 0.252 e. The molecule has 0 N–H and O–H groups in total. The number of methoxy groups -OCH3 is 1. The molecule has 40 heavy (non-hydrogen) atoms. The molecule has 3 aromatic rings. The number of carbonyl (C=O) groups excluding carboxylic acids is 2. The van der Waals surface area contributed by atoms with Gasteiger partial charge in [0, 0.05) is 63.5 Å². The number of nitrogens with zero attached hydrogens (tertiary/aromatic N) is 6. The summed E-state index contributed by atoms with van der Waals surface area (Å²) < 4.78 is 7.00. The van der Waals surface area contributed by atoms with Gasteiger partial charge in [-0.15, -0.1) is 0 Å². The van der Waals surface area contributed by atoms with Crippen molar-refractivity contribution in [3.63, 3.8) is 0 Å². The fraction of sp³-hybridized carbons (Fsp3) is 0.467. The number of carbonyl (C=O) groups is 2. The highest BCUT2D eigenvalue weighted by Gasteiger charge is 2.23. The molecule has 10 heteroatoms. The summed E-state index contributed by atoms with van der Waals surface area (Å²) >= 11 is 6.10. The molecule has 0 radical (unpaired) electrons. The van der Waals surface area contributed by atoms with Crippen molar-refractivity contribution in [3.8, 4) is 0 Å². The third kappa shape index (κ3) is 8.13. The Morgan fingerprint density at radius 1 is 0.950 bits per heavy atom. The Kier molecular flexibility index (Phi) is 10.7. The Bertz CT molecular complexity index is 1280. The first-order valence-corrected chi connectivity index (χ1v) is 14.2. The van der Waals surface area contributed by atoms with Crippen LogP contribution in [0.3, 0.4) is 0 Å². The zero-order valence-corrected chi connectivity index (χ0v) is 24.4. The Labute approximate surface area is 241 Å². The maximum atomic E-state index is 13.6. The Morgan fingerprint density at radius 3 is 2.38 bits per heavy atom. The van der Waals surface area contributed by atoms with E-state index in [9.17, 15) is 9.59 Å². The number of para-hydroxylation sites is 1. The number of rotatable bonds is 7. The molecule has 0 spiro atoms. The van der Waals surface area contributed by atoms with Gasteiger partial charge < -0.3 is 14.5 Å². The van der Waals surface area contributed by atoms with E-state index in [2.05, 4.69) is 15.0 Å². The number of ether oxygens (including phenoxy) is 1. The molecule has 2 heterocycles. The summed E-state index contributed by atoms with van der Waals surface area (Å²) in [5.74, 6) is 1.46. The average Bonchev–Trinajstić information content (AvgIpc) is 3.26. The van der Waals surface area contributed by atoms with Crippen LogP contribution >= 0.6 is 11.6 Å². The fourth-order valence-electron chi connectivity index (χ4n) is 5.17. The topological polar surface area (TPSA) is 83.8 Å². The van der Waals surface area contributed by atoms with Crippen LogP contribution < -0.4 is 4.90 Å². The van der Waals surface area contributed by atoms with Crippen molar-refractivity contribution in [1.82, 2.24) is 24.6 Å². The SMILES string of the molecule is COCC(=O)N1CCCN(Cc2ccc(Cl)cc2)CCCN(C(=O)CCn2nc(C)nc2C)Cc2ccccc21. The predicted octanol–water partition coefficient (Wildman–Crippen LogP) is 4.24. The van der Waals surface area contributed by atoms with Crippen LogP contribution in [-0.4, -0.2) is 76.3 Å². The number of benzene rings is 2. The molecule has 9 nitrogen and oxygen atoms in total. The Balaban J connectivity index is 1.57. The molecule has 0 aliphatic carbocycles. The van der Waals surface area contributed by atoms with Gasteiger partial charge in [-0.1, -0.05) is 41.9 Å². The van der Waals surface area contributed by atoms with E-state index in [1.807, 2.05) is 72.2 Å². The average molecular weight is 567 g/mol. The van der Waals surface area contributed by atoms with Crippen molar-refractivity contribution < 1.29 is 14.3 Å². The van der Waals surface area contributed by atoms with Crippen LogP contribution in [0.4, 0.5) is 5.69 Å². The van der Waals surface area contributed by atoms with E-state index in [0.29, 0.717) is 43.4 Å². The molecule has 0 saturated heterocycles. The summed E-state index contributed by atoms with van der Waals surface area (Å²) in [6.45, 7) is 8.27. The van der Waals surface area contributed by atoms with Gasteiger partial charge in [0.05, 0.1) is 6.54 Å². The van der Waals surface area contributed by atoms with E-state index in [-0.39, 0.29) is 18.4 Å². The van der Waals surface area contributed by atoms with Crippen molar-refractivity contribution in [3.05, 3.63) is 76.3 Å². The second kappa shape index (κ2) is 14.4. The molecule has 2 aromatic carbocycles. The van der Waals surface area contributed by atoms with Crippen molar-refractivity contribution in [1.29, 1.82) is 0 Å². The summed E-state index contributed by atoms with van der Waals surface area (Å²) in [5.41, 5.74) is 2.96. The highest BCUT2D eigenvalue weighted by molar-refractivity contribution is 6.30. The molecule has 1 aliphatic rings. The molecular formula is C30H39ClN6O3. The van der Waals surface area contributed by atoms with Gasteiger partial charge in [-0.25, -0.2) is 9.67 Å². The second-order valence-corrected chi connectivity index (χ2v) is 10.6. The first-order valence-electron chi connectivity index (χ1n) is 13.8. The van der Waals surface area contributed by atoms with Gasteiger partial charge in [-0.3, -0.25) is 14.5 Å². The van der Waals surface area contributed by atoms with Crippen LogP contribution in [0.2, 0.25) is 5.02 Å². The van der Waals surface area contributed by atoms with Crippen LogP contribution in [0.1, 0.15) is 42.0 Å². The van der Waals surface area contributed by atoms with E-state index < -0.39 is 0 Å². The van der Waals surface area contributed by atoms with Gasteiger partial charge in [0.2, 0.25) is 5.91 Å². The standard InChI is InChI=1S/C30H39ClN6O3/c1-23-32-24(2)37(33-23)19-14-29(38)35-17-6-15-34(20-25-10-12-27(31)13-11-25)16-7-18-36(30(39)22-40-3)28-9-5-4-8-26(28)21-35/h4-5,8-13H,6-7,14-22H2,1-3H3. The molecule has 1 aromatic heterocycles. The lowest BCUT2D eigenvalue weighted by Crippen LogP contribution is -2.40. The molecule has 214 valence electrons. The summed E-state index contributed by atoms with van der Waals surface area (Å²) in [5, 5.41) is 5.13. The fourth-order valence-corrected chi connectivity index (χ4v) is 5.30. The largest absolute Gasteiger partial charge is 0.375 e. The molecule has 0 saturated carbocycles. The third-order valence-electron chi connectivity index (χ3n) is 7.14. The van der Waals surface area contributed by atoms with Gasteiger partial charge in [0.25, 0.3) is 5.91 Å². The first kappa shape index (κ1) is 29.7. The number of anilines is 1. The quantitative estimate of drug-likeness (QED) is 0.425. The Morgan fingerprint density at radius 2 is 1.68 bits per heavy atom. The molecule has 1 aliphatic heterocycles. The lowest BCUT2D eigenvalue weighted by molar-refractivity contribution is -0.132. The number of fused-ring (bicyclic) bond motifs is 1. The highest BCUT2D eigenvalue weighted by atomic mass is 35.5. The molecule has 2 amide bonds. The number of halogens is 1. The molecule has 0 atom stereocenters. The number of hydrogen-bond acceptors (Lipinski definition) is 6. The van der Waals surface area contributed by atoms with Crippen LogP contribution in [0, 0.1) is 13.8 Å². The van der Waals surface area contributed by atoms with Crippen LogP contribution in [0.15, 0.2) is 48.5 Å². The zero-order valence-electron chi connectivity index (χ0n) is 23.7. The number of aryl methyl sites for hydroxylation is 3. The van der Waals surface area contributed by atoms with Gasteiger partial charge in [-0.2, -0.15) is 5.10 Å². The zero-order chi connectivity index (χ0) is 28.5. The van der Waals surface area contributed by atoms with E-state index >= 15 is 0 Å². The van der Waals surface area contributed by atoms with Crippen LogP contribution in [0.25, 0.3) is 0 Å². The maximum absolute atomic E-state index is 13.6. The minimum absolute atomic E-state index is 0.00212. The van der Waals surface area contributed by atoms with Gasteiger partial charge in [0.1, 0.15) is 18.3 Å². The van der Waals surface area contributed by atoms with E-state index in [4.69, 9.17) is 16.3 Å². The van der Waals surface area contributed by atoms with E-state index in [0.717, 1.165) is 49.6 Å². The number of aromatic nitrogens is 3. The van der Waals surface area contributed by atoms with Crippen LogP contribution in [0.5, 0.6) is 0 Å². The van der Waals surface area contributed by atoms with E-state index in [1.165, 1.54) is 12.7 Å². The highest BCUT2D eigenvalue weighted by Crippen LogP contribution is 2.24. The van der Waals surface area contributed by atoms with E-state index in [1.54, 1.807) is 4.68 Å². The summed E-state index contributed by atoms with van der Waals surface area (Å²) in [4.78, 5) is 37.2. The molecule has 0 fully saturated rings. The molecule has 0 unspecified atom stereocenters. The minimum atomic E-state index is -0.0915. The summed E-state index contributed by atoms with van der Waals surface area (Å²) in [6, 6.07) is 15.8.